The summed E-state index contributed by atoms with van der Waals surface area (Å²) in [4.78, 5) is 31.6. The Balaban J connectivity index is 1.52. The number of aromatic nitrogens is 1. The summed E-state index contributed by atoms with van der Waals surface area (Å²) in [5.74, 6) is 1.43. The van der Waals surface area contributed by atoms with Gasteiger partial charge in [0.15, 0.2) is 0 Å². The minimum atomic E-state index is -0.368. The topological polar surface area (TPSA) is 62.3 Å². The fourth-order valence-electron chi connectivity index (χ4n) is 3.30. The van der Waals surface area contributed by atoms with Crippen LogP contribution in [0.1, 0.15) is 20.7 Å². The molecule has 0 saturated carbocycles. The number of hydrogen-bond acceptors (Lipinski definition) is 4. The van der Waals surface area contributed by atoms with Gasteiger partial charge in [-0.15, -0.1) is 0 Å². The summed E-state index contributed by atoms with van der Waals surface area (Å²) in [6.45, 7) is 1.44. The van der Waals surface area contributed by atoms with Crippen molar-refractivity contribution in [1.82, 2.24) is 9.88 Å². The predicted molar refractivity (Wildman–Crippen MR) is 127 cm³/mol. The maximum Gasteiger partial charge on any atom is 0.257 e. The molecule has 0 aliphatic carbocycles. The van der Waals surface area contributed by atoms with Gasteiger partial charge in [0, 0.05) is 47.6 Å². The average molecular weight is 472 g/mol. The van der Waals surface area contributed by atoms with Gasteiger partial charge in [-0.3, -0.25) is 14.6 Å². The highest BCUT2D eigenvalue weighted by Gasteiger charge is 2.20. The van der Waals surface area contributed by atoms with E-state index >= 15 is 0 Å². The Morgan fingerprint density at radius 3 is 2.48 bits per heavy atom. The summed E-state index contributed by atoms with van der Waals surface area (Å²) in [6, 6.07) is 15.5. The van der Waals surface area contributed by atoms with Crippen molar-refractivity contribution >= 4 is 52.5 Å². The van der Waals surface area contributed by atoms with Gasteiger partial charge in [0.05, 0.1) is 21.3 Å². The van der Waals surface area contributed by atoms with E-state index in [1.165, 1.54) is 0 Å². The van der Waals surface area contributed by atoms with E-state index in [0.717, 1.165) is 24.6 Å². The van der Waals surface area contributed by atoms with Crippen LogP contribution in [-0.2, 0) is 0 Å². The first-order valence-corrected chi connectivity index (χ1v) is 11.6. The van der Waals surface area contributed by atoms with E-state index in [9.17, 15) is 9.59 Å². The number of pyridine rings is 1. The smallest absolute Gasteiger partial charge is 0.257 e. The number of halogens is 2. The molecule has 31 heavy (non-hydrogen) atoms. The molecule has 0 unspecified atom stereocenters. The van der Waals surface area contributed by atoms with Crippen LogP contribution in [-0.4, -0.2) is 46.3 Å². The second-order valence-electron chi connectivity index (χ2n) is 6.96. The van der Waals surface area contributed by atoms with Gasteiger partial charge >= 0.3 is 0 Å². The minimum Gasteiger partial charge on any atom is -0.337 e. The molecule has 0 spiro atoms. The number of nitrogens with one attached hydrogen (secondary N) is 1. The Kier molecular flexibility index (Phi) is 6.80. The fourth-order valence-corrected chi connectivity index (χ4v) is 4.68. The maximum atomic E-state index is 12.8. The number of thioether (sulfide) groups is 1. The number of rotatable bonds is 4. The van der Waals surface area contributed by atoms with Gasteiger partial charge in [-0.1, -0.05) is 29.3 Å². The van der Waals surface area contributed by atoms with Crippen molar-refractivity contribution in [3.63, 3.8) is 0 Å². The second-order valence-corrected chi connectivity index (χ2v) is 9.00. The van der Waals surface area contributed by atoms with Gasteiger partial charge in [-0.25, -0.2) is 0 Å². The molecule has 2 amide bonds. The third-order valence-electron chi connectivity index (χ3n) is 4.92. The molecule has 158 valence electrons. The van der Waals surface area contributed by atoms with Gasteiger partial charge in [0.2, 0.25) is 0 Å². The average Bonchev–Trinajstić information content (AvgIpc) is 2.80. The lowest BCUT2D eigenvalue weighted by atomic mass is 10.1. The van der Waals surface area contributed by atoms with Crippen LogP contribution in [0.25, 0.3) is 11.3 Å². The highest BCUT2D eigenvalue weighted by Crippen LogP contribution is 2.30. The first kappa shape index (κ1) is 21.7. The first-order chi connectivity index (χ1) is 15.0. The van der Waals surface area contributed by atoms with E-state index < -0.39 is 0 Å². The Morgan fingerprint density at radius 1 is 0.968 bits per heavy atom. The molecule has 1 saturated heterocycles. The second kappa shape index (κ2) is 9.73. The summed E-state index contributed by atoms with van der Waals surface area (Å²) in [6.07, 6.45) is 1.68. The Bertz CT molecular complexity index is 1120. The molecule has 1 fully saturated rings. The highest BCUT2D eigenvalue weighted by atomic mass is 35.5. The molecule has 1 aromatic heterocycles. The number of carbonyl (C=O) groups is 2. The zero-order valence-corrected chi connectivity index (χ0v) is 18.8. The van der Waals surface area contributed by atoms with Crippen LogP contribution in [0.2, 0.25) is 10.0 Å². The van der Waals surface area contributed by atoms with E-state index in [1.807, 2.05) is 34.9 Å². The third kappa shape index (κ3) is 5.03. The number of carbonyl (C=O) groups excluding carboxylic acids is 2. The monoisotopic (exact) mass is 471 g/mol. The normalized spacial score (nSPS) is 13.7. The summed E-state index contributed by atoms with van der Waals surface area (Å²) in [5.41, 5.74) is 2.77. The van der Waals surface area contributed by atoms with Crippen molar-refractivity contribution in [3.8, 4) is 11.3 Å². The van der Waals surface area contributed by atoms with Gasteiger partial charge in [-0.05, 0) is 48.5 Å². The van der Waals surface area contributed by atoms with Crippen molar-refractivity contribution in [2.75, 3.05) is 29.9 Å². The van der Waals surface area contributed by atoms with E-state index in [0.29, 0.717) is 33.1 Å². The molecule has 0 atom stereocenters. The van der Waals surface area contributed by atoms with E-state index in [2.05, 4.69) is 10.3 Å². The molecular formula is C23H19Cl2N3O2S. The molecule has 1 N–H and O–H groups in total. The first-order valence-electron chi connectivity index (χ1n) is 9.72. The van der Waals surface area contributed by atoms with Crippen molar-refractivity contribution in [2.24, 2.45) is 0 Å². The number of amides is 2. The molecule has 0 bridgehead atoms. The number of benzene rings is 2. The van der Waals surface area contributed by atoms with Gasteiger partial charge in [-0.2, -0.15) is 11.8 Å². The van der Waals surface area contributed by atoms with E-state index in [-0.39, 0.29) is 16.8 Å². The number of hydrogen-bond donors (Lipinski definition) is 1. The Hall–Kier alpha value is -2.54. The molecular weight excluding hydrogens is 453 g/mol. The highest BCUT2D eigenvalue weighted by molar-refractivity contribution is 7.99. The molecule has 4 rings (SSSR count). The lowest BCUT2D eigenvalue weighted by Crippen LogP contribution is -2.37. The van der Waals surface area contributed by atoms with Crippen LogP contribution >= 0.6 is 35.0 Å². The zero-order valence-electron chi connectivity index (χ0n) is 16.5. The molecule has 1 aliphatic heterocycles. The van der Waals surface area contributed by atoms with Crippen LogP contribution in [0.3, 0.4) is 0 Å². The summed E-state index contributed by atoms with van der Waals surface area (Å²) in [5, 5.41) is 3.61. The standard InChI is InChI=1S/C23H19Cl2N3O2S/c24-19-7-5-16(14-18(19)21-3-1-2-8-26-21)27-22(29)17-6-4-15(13-20(17)25)23(30)28-9-11-31-12-10-28/h1-8,13-14H,9-12H2,(H,27,29). The van der Waals surface area contributed by atoms with Crippen molar-refractivity contribution in [1.29, 1.82) is 0 Å². The Labute approximate surface area is 194 Å². The summed E-state index contributed by atoms with van der Waals surface area (Å²) in [7, 11) is 0. The van der Waals surface area contributed by atoms with Crippen LogP contribution in [0, 0.1) is 0 Å². The molecule has 1 aliphatic rings. The van der Waals surface area contributed by atoms with Crippen LogP contribution in [0.15, 0.2) is 60.8 Å². The largest absolute Gasteiger partial charge is 0.337 e. The van der Waals surface area contributed by atoms with Gasteiger partial charge < -0.3 is 10.2 Å². The van der Waals surface area contributed by atoms with E-state index in [1.54, 1.807) is 42.6 Å². The molecule has 3 aromatic rings. The molecule has 0 radical (unpaired) electrons. The van der Waals surface area contributed by atoms with Crippen LogP contribution < -0.4 is 5.32 Å². The van der Waals surface area contributed by atoms with Crippen molar-refractivity contribution < 1.29 is 9.59 Å². The number of nitrogens with zero attached hydrogens (tertiary/aromatic N) is 2. The zero-order chi connectivity index (χ0) is 21.8. The summed E-state index contributed by atoms with van der Waals surface area (Å²) < 4.78 is 0. The molecule has 2 aromatic carbocycles. The lowest BCUT2D eigenvalue weighted by molar-refractivity contribution is 0.0772. The van der Waals surface area contributed by atoms with Gasteiger partial charge in [0.1, 0.15) is 0 Å². The van der Waals surface area contributed by atoms with Gasteiger partial charge in [0.25, 0.3) is 11.8 Å². The lowest BCUT2D eigenvalue weighted by Gasteiger charge is -2.26. The SMILES string of the molecule is O=C(Nc1ccc(Cl)c(-c2ccccn2)c1)c1ccc(C(=O)N2CCSCC2)cc1Cl. The summed E-state index contributed by atoms with van der Waals surface area (Å²) >= 11 is 14.5. The maximum absolute atomic E-state index is 12.8. The van der Waals surface area contributed by atoms with Crippen molar-refractivity contribution in [3.05, 3.63) is 82.0 Å². The van der Waals surface area contributed by atoms with Crippen LogP contribution in [0.4, 0.5) is 5.69 Å². The Morgan fingerprint density at radius 2 is 1.77 bits per heavy atom. The quantitative estimate of drug-likeness (QED) is 0.545. The van der Waals surface area contributed by atoms with Crippen LogP contribution in [0.5, 0.6) is 0 Å². The van der Waals surface area contributed by atoms with E-state index in [4.69, 9.17) is 23.2 Å². The molecule has 5 nitrogen and oxygen atoms in total. The predicted octanol–water partition coefficient (Wildman–Crippen LogP) is 5.50. The van der Waals surface area contributed by atoms with Crippen molar-refractivity contribution in [2.45, 2.75) is 0 Å². The number of anilines is 1. The third-order valence-corrected chi connectivity index (χ3v) is 6.51. The molecule has 8 heteroatoms. The minimum absolute atomic E-state index is 0.0631. The molecule has 2 heterocycles. The fraction of sp³-hybridized carbons (Fsp3) is 0.174.